The van der Waals surface area contributed by atoms with E-state index < -0.39 is 10.0 Å². The van der Waals surface area contributed by atoms with Crippen molar-refractivity contribution in [1.29, 1.82) is 0 Å². The highest BCUT2D eigenvalue weighted by Gasteiger charge is 2.19. The molecule has 6 nitrogen and oxygen atoms in total. The number of nitrogens with one attached hydrogen (secondary N) is 2. The topological polar surface area (TPSA) is 84.5 Å². The molecule has 0 unspecified atom stereocenters. The van der Waals surface area contributed by atoms with E-state index in [-0.39, 0.29) is 29.5 Å². The zero-order chi connectivity index (χ0) is 25.4. The number of ether oxygens (including phenoxy) is 1. The predicted molar refractivity (Wildman–Crippen MR) is 140 cm³/mol. The van der Waals surface area contributed by atoms with Crippen LogP contribution in [-0.4, -0.2) is 20.9 Å². The number of amides is 1. The Morgan fingerprint density at radius 3 is 1.69 bits per heavy atom. The Morgan fingerprint density at radius 2 is 1.19 bits per heavy atom. The third kappa shape index (κ3) is 6.59. The van der Waals surface area contributed by atoms with Gasteiger partial charge in [0.25, 0.3) is 5.91 Å². The molecule has 0 heterocycles. The van der Waals surface area contributed by atoms with Gasteiger partial charge in [-0.1, -0.05) is 91.0 Å². The lowest BCUT2D eigenvalue weighted by Gasteiger charge is -2.20. The second-order valence-corrected chi connectivity index (χ2v) is 10.0. The molecule has 184 valence electrons. The third-order valence-corrected chi connectivity index (χ3v) is 7.26. The van der Waals surface area contributed by atoms with E-state index in [1.165, 1.54) is 12.1 Å². The molecule has 4 aromatic carbocycles. The zero-order valence-electron chi connectivity index (χ0n) is 19.9. The molecule has 0 spiro atoms. The van der Waals surface area contributed by atoms with Gasteiger partial charge in [-0.15, -0.1) is 0 Å². The van der Waals surface area contributed by atoms with E-state index in [4.69, 9.17) is 4.74 Å². The van der Waals surface area contributed by atoms with Crippen LogP contribution in [0.15, 0.2) is 120 Å². The van der Waals surface area contributed by atoms with E-state index in [1.54, 1.807) is 19.1 Å². The number of carbonyl (C=O) groups is 1. The molecule has 0 aliphatic heterocycles. The number of rotatable bonds is 10. The lowest BCUT2D eigenvalue weighted by atomic mass is 9.99. The maximum absolute atomic E-state index is 12.8. The number of hydrogen-bond acceptors (Lipinski definition) is 4. The maximum Gasteiger partial charge on any atom is 0.258 e. The van der Waals surface area contributed by atoms with Crippen LogP contribution in [0.5, 0.6) is 5.75 Å². The summed E-state index contributed by atoms with van der Waals surface area (Å²) in [6.07, 6.45) is 0. The Hall–Kier alpha value is -3.94. The summed E-state index contributed by atoms with van der Waals surface area (Å²) < 4.78 is 33.8. The van der Waals surface area contributed by atoms with Crippen LogP contribution in [0.1, 0.15) is 35.7 Å². The van der Waals surface area contributed by atoms with Gasteiger partial charge in [-0.05, 0) is 47.9 Å². The lowest BCUT2D eigenvalue weighted by molar-refractivity contribution is -0.123. The van der Waals surface area contributed by atoms with Gasteiger partial charge in [-0.2, -0.15) is 0 Å². The molecule has 0 bridgehead atoms. The second-order valence-electron chi connectivity index (χ2n) is 8.34. The molecule has 0 fully saturated rings. The van der Waals surface area contributed by atoms with Gasteiger partial charge in [0, 0.05) is 6.04 Å². The first kappa shape index (κ1) is 25.2. The molecule has 0 saturated heterocycles. The van der Waals surface area contributed by atoms with Crippen LogP contribution in [0, 0.1) is 0 Å². The smallest absolute Gasteiger partial charge is 0.258 e. The summed E-state index contributed by atoms with van der Waals surface area (Å²) >= 11 is 0. The fraction of sp³-hybridized carbons (Fsp3) is 0.138. The van der Waals surface area contributed by atoms with Gasteiger partial charge in [0.2, 0.25) is 10.0 Å². The van der Waals surface area contributed by atoms with Crippen molar-refractivity contribution in [3.05, 3.63) is 132 Å². The van der Waals surface area contributed by atoms with Crippen LogP contribution in [0.3, 0.4) is 0 Å². The van der Waals surface area contributed by atoms with Crippen LogP contribution in [-0.2, 0) is 14.8 Å². The summed E-state index contributed by atoms with van der Waals surface area (Å²) in [4.78, 5) is 12.8. The summed E-state index contributed by atoms with van der Waals surface area (Å²) in [5, 5.41) is 3.02. The summed E-state index contributed by atoms with van der Waals surface area (Å²) in [5.41, 5.74) is 2.80. The van der Waals surface area contributed by atoms with Crippen LogP contribution < -0.4 is 14.8 Å². The molecule has 4 rings (SSSR count). The normalized spacial score (nSPS) is 12.2. The Morgan fingerprint density at radius 1 is 0.722 bits per heavy atom. The fourth-order valence-electron chi connectivity index (χ4n) is 3.83. The van der Waals surface area contributed by atoms with Crippen molar-refractivity contribution >= 4 is 15.9 Å². The molecule has 36 heavy (non-hydrogen) atoms. The second kappa shape index (κ2) is 11.7. The Bertz CT molecular complexity index is 1320. The summed E-state index contributed by atoms with van der Waals surface area (Å²) in [6, 6.07) is 34.1. The highest BCUT2D eigenvalue weighted by Crippen LogP contribution is 2.22. The molecule has 4 aromatic rings. The molecular formula is C29H28N2O4S. The van der Waals surface area contributed by atoms with Crippen molar-refractivity contribution < 1.29 is 17.9 Å². The quantitative estimate of drug-likeness (QED) is 0.321. The molecule has 0 saturated carbocycles. The van der Waals surface area contributed by atoms with Crippen LogP contribution >= 0.6 is 0 Å². The van der Waals surface area contributed by atoms with Crippen molar-refractivity contribution in [3.63, 3.8) is 0 Å². The van der Waals surface area contributed by atoms with E-state index in [9.17, 15) is 13.2 Å². The van der Waals surface area contributed by atoms with Crippen molar-refractivity contribution in [2.45, 2.75) is 23.9 Å². The molecule has 0 aliphatic rings. The fourth-order valence-corrected chi connectivity index (χ4v) is 5.06. The Balaban J connectivity index is 1.37. The molecule has 0 aliphatic carbocycles. The SMILES string of the molecule is C[C@@H](NS(=O)(=O)c1ccc(OCC(=O)NC(c2ccccc2)c2ccccc2)cc1)c1ccccc1. The van der Waals surface area contributed by atoms with Crippen molar-refractivity contribution in [2.24, 2.45) is 0 Å². The van der Waals surface area contributed by atoms with E-state index in [1.807, 2.05) is 91.0 Å². The zero-order valence-corrected chi connectivity index (χ0v) is 20.7. The van der Waals surface area contributed by atoms with Gasteiger partial charge in [-0.3, -0.25) is 4.79 Å². The standard InChI is InChI=1S/C29H28N2O4S/c1-22(23-11-5-2-6-12-23)31-36(33,34)27-19-17-26(18-20-27)35-21-28(32)30-29(24-13-7-3-8-14-24)25-15-9-4-10-16-25/h2-20,22,29,31H,21H2,1H3,(H,30,32)/t22-/m1/s1. The molecule has 0 aromatic heterocycles. The van der Waals surface area contributed by atoms with E-state index >= 15 is 0 Å². The highest BCUT2D eigenvalue weighted by molar-refractivity contribution is 7.89. The number of sulfonamides is 1. The highest BCUT2D eigenvalue weighted by atomic mass is 32.2. The van der Waals surface area contributed by atoms with Gasteiger partial charge >= 0.3 is 0 Å². The van der Waals surface area contributed by atoms with E-state index in [2.05, 4.69) is 10.0 Å². The van der Waals surface area contributed by atoms with E-state index in [0.717, 1.165) is 16.7 Å². The van der Waals surface area contributed by atoms with Gasteiger partial charge in [0.15, 0.2) is 6.61 Å². The minimum Gasteiger partial charge on any atom is -0.484 e. The Kier molecular flexibility index (Phi) is 8.15. The molecule has 0 radical (unpaired) electrons. The lowest BCUT2D eigenvalue weighted by Crippen LogP contribution is -2.33. The minimum atomic E-state index is -3.72. The monoisotopic (exact) mass is 500 g/mol. The number of benzene rings is 4. The Labute approximate surface area is 212 Å². The van der Waals surface area contributed by atoms with Crippen molar-refractivity contribution in [1.82, 2.24) is 10.0 Å². The first-order chi connectivity index (χ1) is 17.4. The summed E-state index contributed by atoms with van der Waals surface area (Å²) in [6.45, 7) is 1.59. The van der Waals surface area contributed by atoms with Gasteiger partial charge < -0.3 is 10.1 Å². The molecule has 7 heteroatoms. The largest absolute Gasteiger partial charge is 0.484 e. The van der Waals surface area contributed by atoms with Gasteiger partial charge in [0.05, 0.1) is 10.9 Å². The first-order valence-electron chi connectivity index (χ1n) is 11.6. The van der Waals surface area contributed by atoms with Crippen LogP contribution in [0.25, 0.3) is 0 Å². The summed E-state index contributed by atoms with van der Waals surface area (Å²) in [5.74, 6) is 0.110. The van der Waals surface area contributed by atoms with Gasteiger partial charge in [0.1, 0.15) is 5.75 Å². The average Bonchev–Trinajstić information content (AvgIpc) is 2.92. The van der Waals surface area contributed by atoms with E-state index in [0.29, 0.717) is 5.75 Å². The van der Waals surface area contributed by atoms with Gasteiger partial charge in [-0.25, -0.2) is 13.1 Å². The molecular weight excluding hydrogens is 472 g/mol. The first-order valence-corrected chi connectivity index (χ1v) is 13.1. The third-order valence-electron chi connectivity index (χ3n) is 5.71. The number of hydrogen-bond donors (Lipinski definition) is 2. The van der Waals surface area contributed by atoms with Crippen molar-refractivity contribution in [3.8, 4) is 5.75 Å². The van der Waals surface area contributed by atoms with Crippen LogP contribution in [0.4, 0.5) is 0 Å². The average molecular weight is 501 g/mol. The maximum atomic E-state index is 12.8. The number of carbonyl (C=O) groups excluding carboxylic acids is 1. The van der Waals surface area contributed by atoms with Crippen LogP contribution in [0.2, 0.25) is 0 Å². The molecule has 1 amide bonds. The van der Waals surface area contributed by atoms with Crippen molar-refractivity contribution in [2.75, 3.05) is 6.61 Å². The summed E-state index contributed by atoms with van der Waals surface area (Å²) in [7, 11) is -3.72. The molecule has 2 N–H and O–H groups in total. The predicted octanol–water partition coefficient (Wildman–Crippen LogP) is 5.01. The molecule has 1 atom stereocenters. The minimum absolute atomic E-state index is 0.121.